The van der Waals surface area contributed by atoms with Crippen molar-refractivity contribution in [1.29, 1.82) is 0 Å². The molecule has 0 bridgehead atoms. The zero-order valence-corrected chi connectivity index (χ0v) is 10.2. The average Bonchev–Trinajstić information content (AvgIpc) is 2.38. The molecule has 0 unspecified atom stereocenters. The molecule has 17 heavy (non-hydrogen) atoms. The Labute approximate surface area is 105 Å². The summed E-state index contributed by atoms with van der Waals surface area (Å²) < 4.78 is 5.27. The van der Waals surface area contributed by atoms with Gasteiger partial charge in [0.1, 0.15) is 5.75 Å². The molecule has 0 saturated carbocycles. The molecule has 1 heterocycles. The number of pyridine rings is 1. The van der Waals surface area contributed by atoms with Gasteiger partial charge in [-0.1, -0.05) is 11.6 Å². The van der Waals surface area contributed by atoms with E-state index in [1.54, 1.807) is 19.5 Å². The van der Waals surface area contributed by atoms with Crippen LogP contribution < -0.4 is 10.1 Å². The van der Waals surface area contributed by atoms with Crippen molar-refractivity contribution >= 4 is 17.3 Å². The van der Waals surface area contributed by atoms with Crippen LogP contribution in [0.5, 0.6) is 5.75 Å². The SMILES string of the molecule is COc1ccc(Cl)cc1CNc1cccnc1. The Morgan fingerprint density at radius 1 is 1.35 bits per heavy atom. The largest absolute Gasteiger partial charge is 0.496 e. The molecule has 0 fully saturated rings. The summed E-state index contributed by atoms with van der Waals surface area (Å²) in [6.45, 7) is 0.648. The van der Waals surface area contributed by atoms with E-state index in [-0.39, 0.29) is 0 Å². The van der Waals surface area contributed by atoms with Gasteiger partial charge in [-0.25, -0.2) is 0 Å². The lowest BCUT2D eigenvalue weighted by Gasteiger charge is -2.10. The van der Waals surface area contributed by atoms with Crippen LogP contribution in [0.15, 0.2) is 42.7 Å². The van der Waals surface area contributed by atoms with E-state index in [0.29, 0.717) is 11.6 Å². The minimum absolute atomic E-state index is 0.648. The van der Waals surface area contributed by atoms with Crippen molar-refractivity contribution in [3.05, 3.63) is 53.3 Å². The van der Waals surface area contributed by atoms with Crippen molar-refractivity contribution in [2.45, 2.75) is 6.54 Å². The number of halogens is 1. The van der Waals surface area contributed by atoms with Gasteiger partial charge in [-0.15, -0.1) is 0 Å². The van der Waals surface area contributed by atoms with Crippen LogP contribution in [0.4, 0.5) is 5.69 Å². The fourth-order valence-electron chi connectivity index (χ4n) is 1.55. The highest BCUT2D eigenvalue weighted by Crippen LogP contribution is 2.23. The molecule has 0 saturated heterocycles. The smallest absolute Gasteiger partial charge is 0.123 e. The van der Waals surface area contributed by atoms with Crippen LogP contribution in [0.2, 0.25) is 5.02 Å². The molecule has 0 atom stereocenters. The molecule has 0 aliphatic heterocycles. The lowest BCUT2D eigenvalue weighted by molar-refractivity contribution is 0.410. The summed E-state index contributed by atoms with van der Waals surface area (Å²) in [5.41, 5.74) is 1.98. The number of anilines is 1. The third kappa shape index (κ3) is 3.11. The summed E-state index contributed by atoms with van der Waals surface area (Å²) in [6, 6.07) is 9.42. The Balaban J connectivity index is 2.11. The number of rotatable bonds is 4. The standard InChI is InChI=1S/C13H13ClN2O/c1-17-13-5-4-11(14)7-10(13)8-16-12-3-2-6-15-9-12/h2-7,9,16H,8H2,1H3. The molecule has 1 aromatic heterocycles. The molecule has 88 valence electrons. The highest BCUT2D eigenvalue weighted by molar-refractivity contribution is 6.30. The van der Waals surface area contributed by atoms with Crippen LogP contribution in [0.3, 0.4) is 0 Å². The monoisotopic (exact) mass is 248 g/mol. The predicted octanol–water partition coefficient (Wildman–Crippen LogP) is 3.36. The summed E-state index contributed by atoms with van der Waals surface area (Å²) in [5, 5.41) is 3.96. The van der Waals surface area contributed by atoms with E-state index < -0.39 is 0 Å². The molecule has 1 N–H and O–H groups in total. The van der Waals surface area contributed by atoms with Crippen LogP contribution >= 0.6 is 11.6 Å². The third-order valence-electron chi connectivity index (χ3n) is 2.39. The summed E-state index contributed by atoms with van der Waals surface area (Å²) in [7, 11) is 1.65. The molecule has 2 rings (SSSR count). The highest BCUT2D eigenvalue weighted by Gasteiger charge is 2.03. The van der Waals surface area contributed by atoms with Crippen molar-refractivity contribution in [2.75, 3.05) is 12.4 Å². The first kappa shape index (κ1) is 11.7. The Morgan fingerprint density at radius 2 is 2.24 bits per heavy atom. The average molecular weight is 249 g/mol. The van der Waals surface area contributed by atoms with Gasteiger partial charge in [-0.05, 0) is 30.3 Å². The second kappa shape index (κ2) is 5.55. The highest BCUT2D eigenvalue weighted by atomic mass is 35.5. The maximum absolute atomic E-state index is 5.96. The number of ether oxygens (including phenoxy) is 1. The predicted molar refractivity (Wildman–Crippen MR) is 69.6 cm³/mol. The number of aromatic nitrogens is 1. The molecular formula is C13H13ClN2O. The molecule has 1 aromatic carbocycles. The van der Waals surface area contributed by atoms with Crippen molar-refractivity contribution in [3.8, 4) is 5.75 Å². The minimum Gasteiger partial charge on any atom is -0.496 e. The topological polar surface area (TPSA) is 34.1 Å². The van der Waals surface area contributed by atoms with Crippen LogP contribution in [0.25, 0.3) is 0 Å². The van der Waals surface area contributed by atoms with Crippen molar-refractivity contribution in [3.63, 3.8) is 0 Å². The van der Waals surface area contributed by atoms with Gasteiger partial charge in [-0.3, -0.25) is 4.98 Å². The maximum Gasteiger partial charge on any atom is 0.123 e. The first-order valence-corrected chi connectivity index (χ1v) is 5.63. The van der Waals surface area contributed by atoms with Gasteiger partial charge in [0.15, 0.2) is 0 Å². The summed E-state index contributed by atoms with van der Waals surface area (Å²) >= 11 is 5.96. The number of hydrogen-bond donors (Lipinski definition) is 1. The molecule has 0 aliphatic rings. The van der Waals surface area contributed by atoms with Gasteiger partial charge in [-0.2, -0.15) is 0 Å². The van der Waals surface area contributed by atoms with Gasteiger partial charge in [0.2, 0.25) is 0 Å². The summed E-state index contributed by atoms with van der Waals surface area (Å²) in [4.78, 5) is 4.04. The van der Waals surface area contributed by atoms with E-state index in [4.69, 9.17) is 16.3 Å². The number of methoxy groups -OCH3 is 1. The Hall–Kier alpha value is -1.74. The quantitative estimate of drug-likeness (QED) is 0.901. The van der Waals surface area contributed by atoms with E-state index in [1.807, 2.05) is 30.3 Å². The molecule has 0 spiro atoms. The maximum atomic E-state index is 5.96. The van der Waals surface area contributed by atoms with Gasteiger partial charge in [0.25, 0.3) is 0 Å². The van der Waals surface area contributed by atoms with E-state index in [2.05, 4.69) is 10.3 Å². The first-order valence-electron chi connectivity index (χ1n) is 5.26. The molecule has 3 nitrogen and oxygen atoms in total. The Bertz CT molecular complexity index is 488. The summed E-state index contributed by atoms with van der Waals surface area (Å²) in [5.74, 6) is 0.825. The van der Waals surface area contributed by atoms with E-state index >= 15 is 0 Å². The number of benzene rings is 1. The molecule has 0 radical (unpaired) electrons. The van der Waals surface area contributed by atoms with Gasteiger partial charge < -0.3 is 10.1 Å². The van der Waals surface area contributed by atoms with Crippen LogP contribution in [-0.4, -0.2) is 12.1 Å². The van der Waals surface area contributed by atoms with E-state index in [0.717, 1.165) is 17.0 Å². The van der Waals surface area contributed by atoms with Crippen LogP contribution in [-0.2, 0) is 6.54 Å². The van der Waals surface area contributed by atoms with Gasteiger partial charge >= 0.3 is 0 Å². The lowest BCUT2D eigenvalue weighted by atomic mass is 10.2. The summed E-state index contributed by atoms with van der Waals surface area (Å²) in [6.07, 6.45) is 3.52. The fraction of sp³-hybridized carbons (Fsp3) is 0.154. The van der Waals surface area contributed by atoms with Crippen molar-refractivity contribution < 1.29 is 4.74 Å². The molecule has 2 aromatic rings. The molecule has 0 aliphatic carbocycles. The number of nitrogens with one attached hydrogen (secondary N) is 1. The number of hydrogen-bond acceptors (Lipinski definition) is 3. The van der Waals surface area contributed by atoms with Crippen molar-refractivity contribution in [2.24, 2.45) is 0 Å². The van der Waals surface area contributed by atoms with Gasteiger partial charge in [0.05, 0.1) is 12.8 Å². The second-order valence-electron chi connectivity index (χ2n) is 3.55. The first-order chi connectivity index (χ1) is 8.29. The van der Waals surface area contributed by atoms with E-state index in [9.17, 15) is 0 Å². The Morgan fingerprint density at radius 3 is 2.94 bits per heavy atom. The zero-order chi connectivity index (χ0) is 12.1. The van der Waals surface area contributed by atoms with Gasteiger partial charge in [0, 0.05) is 29.5 Å². The normalized spacial score (nSPS) is 10.0. The number of nitrogens with zero attached hydrogens (tertiary/aromatic N) is 1. The fourth-order valence-corrected chi connectivity index (χ4v) is 1.74. The lowest BCUT2D eigenvalue weighted by Crippen LogP contribution is -2.01. The molecular weight excluding hydrogens is 236 g/mol. The zero-order valence-electron chi connectivity index (χ0n) is 9.48. The van der Waals surface area contributed by atoms with Crippen LogP contribution in [0.1, 0.15) is 5.56 Å². The molecule has 4 heteroatoms. The second-order valence-corrected chi connectivity index (χ2v) is 3.99. The minimum atomic E-state index is 0.648. The third-order valence-corrected chi connectivity index (χ3v) is 2.62. The molecule has 0 amide bonds. The Kier molecular flexibility index (Phi) is 3.83. The van der Waals surface area contributed by atoms with Crippen LogP contribution in [0, 0.1) is 0 Å². The van der Waals surface area contributed by atoms with E-state index in [1.165, 1.54) is 0 Å². The van der Waals surface area contributed by atoms with Crippen molar-refractivity contribution in [1.82, 2.24) is 4.98 Å².